The number of hydrogen-bond acceptors (Lipinski definition) is 7. The Morgan fingerprint density at radius 2 is 1.67 bits per heavy atom. The number of allylic oxidation sites excluding steroid dienone is 5. The summed E-state index contributed by atoms with van der Waals surface area (Å²) in [5, 5.41) is 0.851. The van der Waals surface area contributed by atoms with Crippen LogP contribution in [0.5, 0.6) is 0 Å². The normalized spacial score (nSPS) is 20.2. The molecule has 2 heterocycles. The van der Waals surface area contributed by atoms with Crippen molar-refractivity contribution in [2.45, 2.75) is 16.2 Å². The van der Waals surface area contributed by atoms with E-state index in [1.165, 1.54) is 17.8 Å². The fourth-order valence-electron chi connectivity index (χ4n) is 3.55. The van der Waals surface area contributed by atoms with Gasteiger partial charge in [0.05, 0.1) is 21.4 Å². The fourth-order valence-corrected chi connectivity index (χ4v) is 6.75. The Labute approximate surface area is 220 Å². The summed E-state index contributed by atoms with van der Waals surface area (Å²) < 4.78 is 52.2. The molecule has 0 saturated carbocycles. The second kappa shape index (κ2) is 10.5. The van der Waals surface area contributed by atoms with Gasteiger partial charge in [0, 0.05) is 17.0 Å². The zero-order valence-electron chi connectivity index (χ0n) is 16.8. The summed E-state index contributed by atoms with van der Waals surface area (Å²) in [5.41, 5.74) is 1.25. The average Bonchev–Trinajstić information content (AvgIpc) is 3.18. The van der Waals surface area contributed by atoms with Gasteiger partial charge in [-0.05, 0) is 42.8 Å². The van der Waals surface area contributed by atoms with E-state index in [0.29, 0.717) is 12.1 Å². The molecule has 0 atom stereocenters. The number of anilines is 1. The molecule has 2 aliphatic rings. The van der Waals surface area contributed by atoms with Crippen molar-refractivity contribution in [2.75, 3.05) is 17.2 Å². The minimum absolute atomic E-state index is 0. The molecule has 11 heteroatoms. The maximum absolute atomic E-state index is 12.6. The van der Waals surface area contributed by atoms with E-state index in [1.54, 1.807) is 36.4 Å². The summed E-state index contributed by atoms with van der Waals surface area (Å²) in [7, 11) is -7.36. The molecule has 3 N–H and O–H groups in total. The van der Waals surface area contributed by atoms with Gasteiger partial charge in [-0.15, -0.1) is 10.6 Å². The summed E-state index contributed by atoms with van der Waals surface area (Å²) in [6, 6.07) is 14.2. The summed E-state index contributed by atoms with van der Waals surface area (Å²) in [6.45, 7) is 0.402. The van der Waals surface area contributed by atoms with Crippen molar-refractivity contribution in [1.82, 2.24) is 0 Å². The van der Waals surface area contributed by atoms with Crippen molar-refractivity contribution in [3.05, 3.63) is 88.3 Å². The maximum atomic E-state index is 12.6. The zero-order chi connectivity index (χ0) is 22.9. The van der Waals surface area contributed by atoms with E-state index in [9.17, 15) is 22.3 Å². The number of thioether (sulfide) groups is 1. The van der Waals surface area contributed by atoms with Gasteiger partial charge in [-0.3, -0.25) is 18.5 Å². The predicted octanol–water partition coefficient (Wildman–Crippen LogP) is 4.52. The van der Waals surface area contributed by atoms with E-state index >= 15 is 0 Å². The predicted molar refractivity (Wildman–Crippen MR) is 135 cm³/mol. The molecule has 0 fully saturated rings. The van der Waals surface area contributed by atoms with Crippen molar-refractivity contribution in [2.24, 2.45) is 0 Å². The minimum atomic E-state index is -4.03. The van der Waals surface area contributed by atoms with E-state index in [1.807, 2.05) is 35.2 Å². The first-order valence-corrected chi connectivity index (χ1v) is 13.7. The Hall–Kier alpha value is -1.34. The summed E-state index contributed by atoms with van der Waals surface area (Å²) in [4.78, 5) is 15.8. The van der Waals surface area contributed by atoms with Crippen LogP contribution in [0.2, 0.25) is 0 Å². The number of ketones is 1. The standard InChI is InChI=1S/C22H21NO6S3.Na.H/c24-22-16-8-1-4-11-19(16)32(28,29)20(22)12-5-6-13-21-23(14-7-15-31(25,26)27)17-9-2-3-10-18(17)30-21;;/h1-6,8-13,28-29H,7,14-15H2,(H,25,26,27);;. The molecule has 0 aliphatic carbocycles. The third-order valence-electron chi connectivity index (χ3n) is 4.99. The van der Waals surface area contributed by atoms with Crippen LogP contribution in [0.15, 0.2) is 92.6 Å². The molecule has 170 valence electrons. The van der Waals surface area contributed by atoms with Crippen LogP contribution in [-0.4, -0.2) is 69.7 Å². The van der Waals surface area contributed by atoms with Gasteiger partial charge in [0.15, 0.2) is 0 Å². The summed E-state index contributed by atoms with van der Waals surface area (Å²) in [5.74, 6) is -0.723. The molecule has 0 saturated heterocycles. The first kappa shape index (κ1) is 26.3. The third-order valence-corrected chi connectivity index (χ3v) is 8.83. The topological polar surface area (TPSA) is 115 Å². The Morgan fingerprint density at radius 1 is 1.00 bits per heavy atom. The molecule has 33 heavy (non-hydrogen) atoms. The monoisotopic (exact) mass is 515 g/mol. The molecule has 0 radical (unpaired) electrons. The quantitative estimate of drug-likeness (QED) is 0.292. The zero-order valence-corrected chi connectivity index (χ0v) is 19.2. The van der Waals surface area contributed by atoms with Gasteiger partial charge in [-0.25, -0.2) is 0 Å². The first-order valence-electron chi connectivity index (χ1n) is 9.69. The molecule has 2 aromatic rings. The van der Waals surface area contributed by atoms with E-state index in [2.05, 4.69) is 0 Å². The van der Waals surface area contributed by atoms with Gasteiger partial charge in [0.1, 0.15) is 4.91 Å². The number of rotatable bonds is 6. The van der Waals surface area contributed by atoms with Crippen LogP contribution in [0.4, 0.5) is 5.69 Å². The van der Waals surface area contributed by atoms with Crippen molar-refractivity contribution in [3.8, 4) is 0 Å². The number of carbonyl (C=O) groups excluding carboxylic acids is 1. The van der Waals surface area contributed by atoms with Crippen molar-refractivity contribution >= 4 is 73.5 Å². The number of fused-ring (bicyclic) bond motifs is 2. The number of nitrogens with zero attached hydrogens (tertiary/aromatic N) is 1. The van der Waals surface area contributed by atoms with Crippen molar-refractivity contribution in [3.63, 3.8) is 0 Å². The molecule has 0 bridgehead atoms. The van der Waals surface area contributed by atoms with Gasteiger partial charge in [0.2, 0.25) is 5.78 Å². The molecule has 0 amide bonds. The number of para-hydroxylation sites is 1. The van der Waals surface area contributed by atoms with Crippen LogP contribution in [0.1, 0.15) is 16.8 Å². The Balaban J connectivity index is 0.00000306. The average molecular weight is 516 g/mol. The van der Waals surface area contributed by atoms with Gasteiger partial charge < -0.3 is 4.90 Å². The summed E-state index contributed by atoms with van der Waals surface area (Å²) >= 11 is 1.52. The molecular weight excluding hydrogens is 493 g/mol. The molecule has 2 aromatic carbocycles. The van der Waals surface area contributed by atoms with Crippen LogP contribution < -0.4 is 4.90 Å². The number of benzene rings is 2. The van der Waals surface area contributed by atoms with Gasteiger partial charge in [0.25, 0.3) is 10.1 Å². The second-order valence-electron chi connectivity index (χ2n) is 7.16. The number of Topliss-reactive ketones (excluding diaryl/α,β-unsaturated/α-hetero) is 1. The van der Waals surface area contributed by atoms with E-state index in [-0.39, 0.29) is 51.5 Å². The molecule has 7 nitrogen and oxygen atoms in total. The molecule has 4 rings (SSSR count). The van der Waals surface area contributed by atoms with Crippen LogP contribution in [0.25, 0.3) is 0 Å². The molecule has 0 spiro atoms. The molecule has 0 aromatic heterocycles. The van der Waals surface area contributed by atoms with Crippen LogP contribution >= 0.6 is 22.4 Å². The van der Waals surface area contributed by atoms with Crippen LogP contribution in [0.3, 0.4) is 0 Å². The second-order valence-corrected chi connectivity index (χ2v) is 11.8. The van der Waals surface area contributed by atoms with Gasteiger partial charge in [-0.1, -0.05) is 48.2 Å². The van der Waals surface area contributed by atoms with E-state index < -0.39 is 26.5 Å². The Bertz CT molecular complexity index is 1270. The molecule has 2 aliphatic heterocycles. The number of carbonyl (C=O) groups is 1. The van der Waals surface area contributed by atoms with E-state index in [4.69, 9.17) is 4.55 Å². The first-order chi connectivity index (χ1) is 15.2. The molecular formula is C22H22NNaO6S3. The van der Waals surface area contributed by atoms with Gasteiger partial charge in [-0.2, -0.15) is 8.42 Å². The van der Waals surface area contributed by atoms with Crippen LogP contribution in [-0.2, 0) is 10.1 Å². The van der Waals surface area contributed by atoms with E-state index in [0.717, 1.165) is 15.6 Å². The van der Waals surface area contributed by atoms with Crippen LogP contribution in [0, 0.1) is 0 Å². The fraction of sp³-hybridized carbons (Fsp3) is 0.136. The van der Waals surface area contributed by atoms with Crippen molar-refractivity contribution < 1.29 is 26.9 Å². The summed E-state index contributed by atoms with van der Waals surface area (Å²) in [6.07, 6.45) is 6.77. The molecule has 0 unspecified atom stereocenters. The SMILES string of the molecule is O=C1C(=CC=CC=C2Sc3ccccc3N2CCCS(=O)(=O)O)S(O)(O)c2ccccc21.[NaH]. The Kier molecular flexibility index (Phi) is 8.37. The van der Waals surface area contributed by atoms with Crippen molar-refractivity contribution in [1.29, 1.82) is 0 Å². The Morgan fingerprint density at radius 3 is 2.39 bits per heavy atom. The van der Waals surface area contributed by atoms with Gasteiger partial charge >= 0.3 is 29.6 Å². The number of hydrogen-bond donors (Lipinski definition) is 3. The third kappa shape index (κ3) is 5.67.